The Morgan fingerprint density at radius 1 is 1.33 bits per heavy atom. The molecule has 2 aromatic heterocycles. The van der Waals surface area contributed by atoms with Gasteiger partial charge in [0.1, 0.15) is 6.54 Å². The first-order valence-electron chi connectivity index (χ1n) is 7.26. The second-order valence-corrected chi connectivity index (χ2v) is 6.63. The molecule has 24 heavy (non-hydrogen) atoms. The van der Waals surface area contributed by atoms with Gasteiger partial charge in [-0.25, -0.2) is 0 Å². The second kappa shape index (κ2) is 7.19. The molecule has 1 aromatic carbocycles. The summed E-state index contributed by atoms with van der Waals surface area (Å²) >= 11 is 9.35. The van der Waals surface area contributed by atoms with Gasteiger partial charge in [0.05, 0.1) is 34.8 Å². The molecule has 0 aliphatic carbocycles. The normalized spacial score (nSPS) is 10.8. The van der Waals surface area contributed by atoms with Crippen molar-refractivity contribution >= 4 is 39.1 Å². The van der Waals surface area contributed by atoms with Gasteiger partial charge in [-0.05, 0) is 40.5 Å². The van der Waals surface area contributed by atoms with Crippen molar-refractivity contribution in [3.8, 4) is 0 Å². The van der Waals surface area contributed by atoms with Gasteiger partial charge in [-0.15, -0.1) is 0 Å². The first-order chi connectivity index (χ1) is 11.5. The Bertz CT molecular complexity index is 873. The van der Waals surface area contributed by atoms with Crippen LogP contribution in [0, 0.1) is 6.92 Å². The molecular weight excluding hydrogens is 394 g/mol. The third-order valence-electron chi connectivity index (χ3n) is 3.49. The molecule has 0 bridgehead atoms. The molecular formula is C16H15BrClN5O. The van der Waals surface area contributed by atoms with Crippen molar-refractivity contribution in [3.05, 3.63) is 63.6 Å². The summed E-state index contributed by atoms with van der Waals surface area (Å²) in [5.41, 5.74) is 2.59. The number of hydrogen-bond acceptors (Lipinski definition) is 3. The number of aromatic nitrogens is 4. The van der Waals surface area contributed by atoms with E-state index in [4.69, 9.17) is 11.6 Å². The van der Waals surface area contributed by atoms with Gasteiger partial charge in [-0.1, -0.05) is 23.7 Å². The van der Waals surface area contributed by atoms with E-state index in [0.717, 1.165) is 15.7 Å². The summed E-state index contributed by atoms with van der Waals surface area (Å²) in [7, 11) is 0. The zero-order chi connectivity index (χ0) is 17.1. The summed E-state index contributed by atoms with van der Waals surface area (Å²) in [6.07, 6.45) is 5.07. The van der Waals surface area contributed by atoms with Crippen LogP contribution >= 0.6 is 27.5 Å². The number of carbonyl (C=O) groups excluding carboxylic acids is 1. The highest BCUT2D eigenvalue weighted by molar-refractivity contribution is 9.10. The van der Waals surface area contributed by atoms with Gasteiger partial charge in [-0.2, -0.15) is 10.2 Å². The third kappa shape index (κ3) is 4.04. The lowest BCUT2D eigenvalue weighted by molar-refractivity contribution is -0.116. The highest BCUT2D eigenvalue weighted by atomic mass is 79.9. The van der Waals surface area contributed by atoms with Crippen molar-refractivity contribution < 1.29 is 4.79 Å². The van der Waals surface area contributed by atoms with Crippen LogP contribution in [-0.4, -0.2) is 25.5 Å². The predicted octanol–water partition coefficient (Wildman–Crippen LogP) is 3.49. The zero-order valence-corrected chi connectivity index (χ0v) is 15.3. The lowest BCUT2D eigenvalue weighted by Crippen LogP contribution is -2.20. The second-order valence-electron chi connectivity index (χ2n) is 5.34. The summed E-state index contributed by atoms with van der Waals surface area (Å²) in [6, 6.07) is 7.59. The van der Waals surface area contributed by atoms with Crippen molar-refractivity contribution in [1.29, 1.82) is 0 Å². The first kappa shape index (κ1) is 16.7. The van der Waals surface area contributed by atoms with Gasteiger partial charge >= 0.3 is 0 Å². The Labute approximate surface area is 152 Å². The van der Waals surface area contributed by atoms with Crippen LogP contribution in [0.1, 0.15) is 11.3 Å². The zero-order valence-electron chi connectivity index (χ0n) is 12.9. The number of anilines is 1. The summed E-state index contributed by atoms with van der Waals surface area (Å²) in [5.74, 6) is -0.156. The fourth-order valence-corrected chi connectivity index (χ4v) is 2.77. The molecule has 8 heteroatoms. The number of halogens is 2. The van der Waals surface area contributed by atoms with E-state index in [-0.39, 0.29) is 12.5 Å². The van der Waals surface area contributed by atoms with Crippen molar-refractivity contribution in [1.82, 2.24) is 19.6 Å². The standard InChI is InChI=1S/C16H15BrClN5O/c1-11-15(17)7-20-23(11)10-16(24)21-14-6-19-22(9-14)8-12-3-2-4-13(18)5-12/h2-7,9H,8,10H2,1H3,(H,21,24). The summed E-state index contributed by atoms with van der Waals surface area (Å²) in [5, 5.41) is 11.9. The van der Waals surface area contributed by atoms with Crippen molar-refractivity contribution in [2.75, 3.05) is 5.32 Å². The molecule has 0 fully saturated rings. The predicted molar refractivity (Wildman–Crippen MR) is 96.1 cm³/mol. The van der Waals surface area contributed by atoms with Crippen LogP contribution < -0.4 is 5.32 Å². The molecule has 124 valence electrons. The number of nitrogens with zero attached hydrogens (tertiary/aromatic N) is 4. The SMILES string of the molecule is Cc1c(Br)cnn1CC(=O)Nc1cnn(Cc2cccc(Cl)c2)c1. The van der Waals surface area contributed by atoms with Crippen LogP contribution in [-0.2, 0) is 17.9 Å². The van der Waals surface area contributed by atoms with E-state index in [1.54, 1.807) is 28.0 Å². The lowest BCUT2D eigenvalue weighted by Gasteiger charge is -2.05. The van der Waals surface area contributed by atoms with Crippen molar-refractivity contribution in [3.63, 3.8) is 0 Å². The molecule has 0 radical (unpaired) electrons. The van der Waals surface area contributed by atoms with E-state index >= 15 is 0 Å². The third-order valence-corrected chi connectivity index (χ3v) is 4.50. The van der Waals surface area contributed by atoms with Gasteiger partial charge in [0.25, 0.3) is 0 Å². The maximum atomic E-state index is 12.1. The van der Waals surface area contributed by atoms with Crippen LogP contribution in [0.5, 0.6) is 0 Å². The molecule has 0 saturated carbocycles. The molecule has 0 spiro atoms. The van der Waals surface area contributed by atoms with Crippen LogP contribution in [0.3, 0.4) is 0 Å². The minimum Gasteiger partial charge on any atom is -0.322 e. The number of rotatable bonds is 5. The van der Waals surface area contributed by atoms with E-state index in [1.165, 1.54) is 0 Å². The van der Waals surface area contributed by atoms with Crippen LogP contribution in [0.15, 0.2) is 47.3 Å². The van der Waals surface area contributed by atoms with Gasteiger partial charge in [0.15, 0.2) is 0 Å². The molecule has 0 unspecified atom stereocenters. The highest BCUT2D eigenvalue weighted by Gasteiger charge is 2.10. The number of amides is 1. The number of benzene rings is 1. The van der Waals surface area contributed by atoms with Gasteiger partial charge in [0, 0.05) is 11.2 Å². The van der Waals surface area contributed by atoms with Crippen molar-refractivity contribution in [2.45, 2.75) is 20.0 Å². The molecule has 0 aliphatic heterocycles. The van der Waals surface area contributed by atoms with E-state index in [2.05, 4.69) is 31.4 Å². The minimum absolute atomic E-state index is 0.150. The molecule has 2 heterocycles. The van der Waals surface area contributed by atoms with Gasteiger partial charge in [0.2, 0.25) is 5.91 Å². The molecule has 3 aromatic rings. The fourth-order valence-electron chi connectivity index (χ4n) is 2.26. The van der Waals surface area contributed by atoms with Gasteiger partial charge < -0.3 is 5.32 Å². The maximum absolute atomic E-state index is 12.1. The first-order valence-corrected chi connectivity index (χ1v) is 8.43. The van der Waals surface area contributed by atoms with E-state index in [9.17, 15) is 4.79 Å². The average Bonchev–Trinajstić information content (AvgIpc) is 3.09. The Kier molecular flexibility index (Phi) is 5.01. The number of carbonyl (C=O) groups is 1. The lowest BCUT2D eigenvalue weighted by atomic mass is 10.2. The van der Waals surface area contributed by atoms with Gasteiger partial charge in [-0.3, -0.25) is 14.2 Å². The van der Waals surface area contributed by atoms with E-state index < -0.39 is 0 Å². The molecule has 1 amide bonds. The Hall–Kier alpha value is -2.12. The van der Waals surface area contributed by atoms with Crippen LogP contribution in [0.2, 0.25) is 5.02 Å². The quantitative estimate of drug-likeness (QED) is 0.703. The minimum atomic E-state index is -0.156. The highest BCUT2D eigenvalue weighted by Crippen LogP contribution is 2.15. The van der Waals surface area contributed by atoms with Crippen LogP contribution in [0.4, 0.5) is 5.69 Å². The summed E-state index contributed by atoms with van der Waals surface area (Å²) < 4.78 is 4.26. The largest absolute Gasteiger partial charge is 0.322 e. The monoisotopic (exact) mass is 407 g/mol. The fraction of sp³-hybridized carbons (Fsp3) is 0.188. The molecule has 6 nitrogen and oxygen atoms in total. The molecule has 0 atom stereocenters. The number of hydrogen-bond donors (Lipinski definition) is 1. The average molecular weight is 409 g/mol. The summed E-state index contributed by atoms with van der Waals surface area (Å²) in [6.45, 7) is 2.63. The number of nitrogens with one attached hydrogen (secondary N) is 1. The Morgan fingerprint density at radius 2 is 2.17 bits per heavy atom. The summed E-state index contributed by atoms with van der Waals surface area (Å²) in [4.78, 5) is 12.1. The van der Waals surface area contributed by atoms with Crippen LogP contribution in [0.25, 0.3) is 0 Å². The molecule has 0 aliphatic rings. The molecule has 0 saturated heterocycles. The molecule has 3 rings (SSSR count). The van der Waals surface area contributed by atoms with Crippen molar-refractivity contribution in [2.24, 2.45) is 0 Å². The maximum Gasteiger partial charge on any atom is 0.246 e. The molecule has 1 N–H and O–H groups in total. The Balaban J connectivity index is 1.61. The smallest absolute Gasteiger partial charge is 0.246 e. The Morgan fingerprint density at radius 3 is 2.88 bits per heavy atom. The van der Waals surface area contributed by atoms with E-state index in [0.29, 0.717) is 17.3 Å². The van der Waals surface area contributed by atoms with E-state index in [1.807, 2.05) is 31.2 Å². The topological polar surface area (TPSA) is 64.7 Å².